The van der Waals surface area contributed by atoms with Gasteiger partial charge in [0.2, 0.25) is 0 Å². The van der Waals surface area contributed by atoms with E-state index in [0.717, 1.165) is 18.0 Å². The first kappa shape index (κ1) is 16.9. The fourth-order valence-corrected chi connectivity index (χ4v) is 3.08. The highest BCUT2D eigenvalue weighted by Crippen LogP contribution is 2.30. The maximum Gasteiger partial charge on any atom is 0.264 e. The molecule has 1 aliphatic heterocycles. The van der Waals surface area contributed by atoms with Gasteiger partial charge in [0.05, 0.1) is 6.26 Å². The van der Waals surface area contributed by atoms with E-state index in [9.17, 15) is 13.2 Å². The zero-order valence-electron chi connectivity index (χ0n) is 11.2. The Morgan fingerprint density at radius 2 is 1.89 bits per heavy atom. The van der Waals surface area contributed by atoms with Gasteiger partial charge in [-0.1, -0.05) is 11.8 Å². The average Bonchev–Trinajstić information content (AvgIpc) is 2.61. The Hall–Kier alpha value is -0.190. The van der Waals surface area contributed by atoms with E-state index in [2.05, 4.69) is 0 Å². The van der Waals surface area contributed by atoms with Crippen molar-refractivity contribution < 1.29 is 31.6 Å². The predicted molar refractivity (Wildman–Crippen MR) is 69.3 cm³/mol. The molecule has 0 aromatic heterocycles. The molecule has 7 nitrogen and oxygen atoms in total. The molecule has 0 radical (unpaired) electrons. The van der Waals surface area contributed by atoms with E-state index in [1.165, 1.54) is 21.1 Å². The molecule has 1 aliphatic rings. The van der Waals surface area contributed by atoms with Crippen LogP contribution in [0.15, 0.2) is 0 Å². The number of carbonyl (C=O) groups excluding carboxylic acids is 1. The van der Waals surface area contributed by atoms with Crippen LogP contribution in [0.25, 0.3) is 0 Å². The normalized spacial score (nSPS) is 31.6. The van der Waals surface area contributed by atoms with Crippen LogP contribution in [-0.4, -0.2) is 64.4 Å². The molecule has 0 saturated carbocycles. The number of ether oxygens (including phenoxy) is 3. The third kappa shape index (κ3) is 5.01. The topological polar surface area (TPSA) is 88.1 Å². The summed E-state index contributed by atoms with van der Waals surface area (Å²) in [7, 11) is -0.822. The van der Waals surface area contributed by atoms with Crippen molar-refractivity contribution in [1.82, 2.24) is 0 Å². The maximum atomic E-state index is 11.3. The molecule has 0 aromatic carbocycles. The van der Waals surface area contributed by atoms with Gasteiger partial charge >= 0.3 is 0 Å². The summed E-state index contributed by atoms with van der Waals surface area (Å²) in [5.74, 6) is 0.273. The number of rotatable bonds is 6. The zero-order chi connectivity index (χ0) is 14.6. The molecule has 9 heteroatoms. The molecule has 1 rings (SSSR count). The van der Waals surface area contributed by atoms with Gasteiger partial charge in [0.1, 0.15) is 18.3 Å². The summed E-state index contributed by atoms with van der Waals surface area (Å²) in [6.07, 6.45) is -1.88. The minimum Gasteiger partial charge on any atom is -0.373 e. The van der Waals surface area contributed by atoms with Crippen LogP contribution in [0.2, 0.25) is 0 Å². The minimum atomic E-state index is -3.66. The molecule has 0 spiro atoms. The molecular weight excluding hydrogens is 296 g/mol. The van der Waals surface area contributed by atoms with E-state index in [1.54, 1.807) is 0 Å². The van der Waals surface area contributed by atoms with Crippen molar-refractivity contribution in [2.24, 2.45) is 0 Å². The molecule has 0 unspecified atom stereocenters. The maximum absolute atomic E-state index is 11.3. The Labute approximate surface area is 117 Å². The number of hydrogen-bond donors (Lipinski definition) is 0. The molecule has 1 fully saturated rings. The molecule has 1 saturated heterocycles. The Morgan fingerprint density at radius 1 is 1.26 bits per heavy atom. The lowest BCUT2D eigenvalue weighted by Crippen LogP contribution is -2.39. The Balaban J connectivity index is 2.83. The SMILES string of the molecule is CO[C@H]1O[C@H](CSC(C)=O)[C@@H](OS(C)(=O)=O)[C@@H]1OC. The Kier molecular flexibility index (Phi) is 6.21. The van der Waals surface area contributed by atoms with Gasteiger partial charge in [-0.25, -0.2) is 0 Å². The van der Waals surface area contributed by atoms with E-state index < -0.39 is 34.7 Å². The van der Waals surface area contributed by atoms with Crippen LogP contribution in [0.5, 0.6) is 0 Å². The molecule has 0 bridgehead atoms. The lowest BCUT2D eigenvalue weighted by atomic mass is 10.1. The summed E-state index contributed by atoms with van der Waals surface area (Å²) >= 11 is 1.03. The standard InChI is InChI=1S/C10H18O7S2/c1-6(11)18-5-7-8(17-19(4,12)13)9(14-2)10(15-3)16-7/h7-10H,5H2,1-4H3/t7-,8-,9+,10+/m1/s1. The van der Waals surface area contributed by atoms with E-state index in [-0.39, 0.29) is 10.9 Å². The van der Waals surface area contributed by atoms with Gasteiger partial charge < -0.3 is 14.2 Å². The van der Waals surface area contributed by atoms with Crippen molar-refractivity contribution in [3.8, 4) is 0 Å². The van der Waals surface area contributed by atoms with Gasteiger partial charge in [-0.15, -0.1) is 0 Å². The van der Waals surface area contributed by atoms with Crippen molar-refractivity contribution in [2.45, 2.75) is 31.5 Å². The van der Waals surface area contributed by atoms with E-state index in [4.69, 9.17) is 18.4 Å². The van der Waals surface area contributed by atoms with Gasteiger partial charge in [0.15, 0.2) is 11.4 Å². The number of hydrogen-bond acceptors (Lipinski definition) is 8. The van der Waals surface area contributed by atoms with Crippen molar-refractivity contribution in [2.75, 3.05) is 26.2 Å². The van der Waals surface area contributed by atoms with Crippen LogP contribution < -0.4 is 0 Å². The first-order valence-corrected chi connectivity index (χ1v) is 8.31. The molecule has 0 aromatic rings. The van der Waals surface area contributed by atoms with E-state index in [0.29, 0.717) is 0 Å². The van der Waals surface area contributed by atoms with Crippen LogP contribution in [0.3, 0.4) is 0 Å². The monoisotopic (exact) mass is 314 g/mol. The van der Waals surface area contributed by atoms with Gasteiger partial charge in [-0.2, -0.15) is 8.42 Å². The second-order valence-electron chi connectivity index (χ2n) is 4.05. The molecule has 1 heterocycles. The quantitative estimate of drug-likeness (QED) is 0.633. The largest absolute Gasteiger partial charge is 0.373 e. The van der Waals surface area contributed by atoms with Crippen molar-refractivity contribution in [3.63, 3.8) is 0 Å². The highest BCUT2D eigenvalue weighted by atomic mass is 32.2. The molecule has 0 aliphatic carbocycles. The smallest absolute Gasteiger partial charge is 0.264 e. The predicted octanol–water partition coefficient (Wildman–Crippen LogP) is -0.00280. The summed E-state index contributed by atoms with van der Waals surface area (Å²) in [5.41, 5.74) is 0. The van der Waals surface area contributed by atoms with E-state index in [1.807, 2.05) is 0 Å². The van der Waals surface area contributed by atoms with Crippen molar-refractivity contribution >= 4 is 27.0 Å². The summed E-state index contributed by atoms with van der Waals surface area (Å²) in [6, 6.07) is 0. The minimum absolute atomic E-state index is 0.0865. The summed E-state index contributed by atoms with van der Waals surface area (Å²) in [5, 5.41) is -0.0865. The highest BCUT2D eigenvalue weighted by Gasteiger charge is 2.47. The number of carbonyl (C=O) groups is 1. The first-order chi connectivity index (χ1) is 8.78. The second kappa shape index (κ2) is 7.00. The molecule has 19 heavy (non-hydrogen) atoms. The van der Waals surface area contributed by atoms with Crippen LogP contribution in [0.1, 0.15) is 6.92 Å². The average molecular weight is 314 g/mol. The zero-order valence-corrected chi connectivity index (χ0v) is 12.8. The third-order valence-electron chi connectivity index (χ3n) is 2.51. The molecular formula is C10H18O7S2. The van der Waals surface area contributed by atoms with Gasteiger partial charge in [0.25, 0.3) is 10.1 Å². The summed E-state index contributed by atoms with van der Waals surface area (Å²) < 4.78 is 43.3. The Bertz CT molecular complexity index is 408. The van der Waals surface area contributed by atoms with Gasteiger partial charge in [0, 0.05) is 26.9 Å². The summed E-state index contributed by atoms with van der Waals surface area (Å²) in [6.45, 7) is 1.42. The lowest BCUT2D eigenvalue weighted by Gasteiger charge is -2.21. The third-order valence-corrected chi connectivity index (χ3v) is 3.98. The fraction of sp³-hybridized carbons (Fsp3) is 0.900. The molecule has 0 amide bonds. The van der Waals surface area contributed by atoms with Gasteiger partial charge in [-0.05, 0) is 0 Å². The highest BCUT2D eigenvalue weighted by molar-refractivity contribution is 8.13. The summed E-state index contributed by atoms with van der Waals surface area (Å²) in [4.78, 5) is 11.0. The second-order valence-corrected chi connectivity index (χ2v) is 6.84. The molecule has 4 atom stereocenters. The number of thioether (sulfide) groups is 1. The van der Waals surface area contributed by atoms with Crippen LogP contribution in [0, 0.1) is 0 Å². The molecule has 0 N–H and O–H groups in total. The van der Waals surface area contributed by atoms with Crippen molar-refractivity contribution in [3.05, 3.63) is 0 Å². The lowest BCUT2D eigenvalue weighted by molar-refractivity contribution is -0.152. The van der Waals surface area contributed by atoms with Crippen LogP contribution in [-0.2, 0) is 33.3 Å². The van der Waals surface area contributed by atoms with Crippen LogP contribution in [0.4, 0.5) is 0 Å². The Morgan fingerprint density at radius 3 is 2.32 bits per heavy atom. The molecule has 112 valence electrons. The van der Waals surface area contributed by atoms with Crippen molar-refractivity contribution in [1.29, 1.82) is 0 Å². The van der Waals surface area contributed by atoms with Crippen LogP contribution >= 0.6 is 11.8 Å². The van der Waals surface area contributed by atoms with Gasteiger partial charge in [-0.3, -0.25) is 8.98 Å². The first-order valence-electron chi connectivity index (χ1n) is 5.51. The fourth-order valence-electron chi connectivity index (χ4n) is 1.78. The van der Waals surface area contributed by atoms with E-state index >= 15 is 0 Å². The number of methoxy groups -OCH3 is 2.